The SMILES string of the molecule is CNC(c1cncc(C)c1)C1CCOC2(CCCCC2)C1. The van der Waals surface area contributed by atoms with E-state index in [2.05, 4.69) is 30.3 Å². The van der Waals surface area contributed by atoms with Crippen molar-refractivity contribution in [1.29, 1.82) is 0 Å². The minimum atomic E-state index is 0.174. The number of aromatic nitrogens is 1. The molecule has 1 aliphatic carbocycles. The molecule has 3 rings (SSSR count). The lowest BCUT2D eigenvalue weighted by Crippen LogP contribution is -2.44. The number of hydrogen-bond acceptors (Lipinski definition) is 3. The fraction of sp³-hybridized carbons (Fsp3) is 0.722. The summed E-state index contributed by atoms with van der Waals surface area (Å²) in [4.78, 5) is 4.38. The molecule has 0 radical (unpaired) electrons. The number of rotatable bonds is 3. The number of pyridine rings is 1. The first-order chi connectivity index (χ1) is 10.2. The first kappa shape index (κ1) is 15.0. The van der Waals surface area contributed by atoms with E-state index in [-0.39, 0.29) is 5.60 Å². The van der Waals surface area contributed by atoms with Crippen LogP contribution in [-0.4, -0.2) is 24.2 Å². The Bertz CT molecular complexity index is 463. The molecule has 1 N–H and O–H groups in total. The Morgan fingerprint density at radius 2 is 2.10 bits per heavy atom. The molecule has 2 unspecified atom stereocenters. The average Bonchev–Trinajstić information content (AvgIpc) is 2.49. The van der Waals surface area contributed by atoms with Gasteiger partial charge in [0.25, 0.3) is 0 Å². The molecule has 1 spiro atoms. The van der Waals surface area contributed by atoms with Crippen LogP contribution in [0.3, 0.4) is 0 Å². The lowest BCUT2D eigenvalue weighted by Gasteiger charge is -2.45. The lowest BCUT2D eigenvalue weighted by molar-refractivity contribution is -0.121. The molecular weight excluding hydrogens is 260 g/mol. The maximum absolute atomic E-state index is 6.25. The van der Waals surface area contributed by atoms with Gasteiger partial charge in [0.2, 0.25) is 0 Å². The summed E-state index contributed by atoms with van der Waals surface area (Å²) in [6.07, 6.45) is 12.9. The minimum absolute atomic E-state index is 0.174. The normalized spacial score (nSPS) is 26.7. The van der Waals surface area contributed by atoms with E-state index in [4.69, 9.17) is 4.74 Å². The van der Waals surface area contributed by atoms with E-state index >= 15 is 0 Å². The van der Waals surface area contributed by atoms with Gasteiger partial charge in [-0.1, -0.05) is 25.3 Å². The predicted octanol–water partition coefficient (Wildman–Crippen LogP) is 3.78. The molecule has 0 aromatic carbocycles. The van der Waals surface area contributed by atoms with Crippen molar-refractivity contribution >= 4 is 0 Å². The van der Waals surface area contributed by atoms with E-state index in [1.165, 1.54) is 49.7 Å². The largest absolute Gasteiger partial charge is 0.375 e. The first-order valence-electron chi connectivity index (χ1n) is 8.45. The molecule has 21 heavy (non-hydrogen) atoms. The van der Waals surface area contributed by atoms with Crippen molar-refractivity contribution in [2.24, 2.45) is 5.92 Å². The molecule has 3 heteroatoms. The van der Waals surface area contributed by atoms with Crippen molar-refractivity contribution < 1.29 is 4.74 Å². The second-order valence-corrected chi connectivity index (χ2v) is 6.91. The van der Waals surface area contributed by atoms with Gasteiger partial charge < -0.3 is 10.1 Å². The van der Waals surface area contributed by atoms with Crippen LogP contribution in [0.5, 0.6) is 0 Å². The highest BCUT2D eigenvalue weighted by Crippen LogP contribution is 2.44. The molecule has 2 atom stereocenters. The zero-order valence-corrected chi connectivity index (χ0v) is 13.4. The van der Waals surface area contributed by atoms with Gasteiger partial charge in [-0.3, -0.25) is 4.98 Å². The summed E-state index contributed by atoms with van der Waals surface area (Å²) in [5, 5.41) is 3.54. The monoisotopic (exact) mass is 288 g/mol. The van der Waals surface area contributed by atoms with E-state index in [0.29, 0.717) is 12.0 Å². The highest BCUT2D eigenvalue weighted by atomic mass is 16.5. The Morgan fingerprint density at radius 3 is 2.81 bits per heavy atom. The quantitative estimate of drug-likeness (QED) is 0.919. The second-order valence-electron chi connectivity index (χ2n) is 6.91. The van der Waals surface area contributed by atoms with Crippen LogP contribution in [0.25, 0.3) is 0 Å². The zero-order valence-electron chi connectivity index (χ0n) is 13.4. The van der Waals surface area contributed by atoms with E-state index in [0.717, 1.165) is 13.0 Å². The summed E-state index contributed by atoms with van der Waals surface area (Å²) >= 11 is 0. The third-order valence-electron chi connectivity index (χ3n) is 5.33. The fourth-order valence-electron chi connectivity index (χ4n) is 4.32. The maximum Gasteiger partial charge on any atom is 0.0686 e. The molecular formula is C18H28N2O. The molecule has 116 valence electrons. The minimum Gasteiger partial charge on any atom is -0.375 e. The molecule has 0 bridgehead atoms. The number of nitrogens with one attached hydrogen (secondary N) is 1. The van der Waals surface area contributed by atoms with Crippen LogP contribution in [0.15, 0.2) is 18.5 Å². The predicted molar refractivity (Wildman–Crippen MR) is 85.3 cm³/mol. The van der Waals surface area contributed by atoms with E-state index in [9.17, 15) is 0 Å². The van der Waals surface area contributed by atoms with Crippen molar-refractivity contribution in [2.45, 2.75) is 63.5 Å². The van der Waals surface area contributed by atoms with Crippen molar-refractivity contribution in [3.63, 3.8) is 0 Å². The van der Waals surface area contributed by atoms with Crippen LogP contribution in [0.1, 0.15) is 62.1 Å². The van der Waals surface area contributed by atoms with Crippen LogP contribution >= 0.6 is 0 Å². The Labute approximate surface area is 128 Å². The zero-order chi connectivity index (χ0) is 14.7. The Morgan fingerprint density at radius 1 is 1.29 bits per heavy atom. The molecule has 1 aromatic heterocycles. The molecule has 1 aliphatic heterocycles. The summed E-state index contributed by atoms with van der Waals surface area (Å²) in [6.45, 7) is 3.04. The standard InChI is InChI=1S/C18H28N2O/c1-14-10-16(13-20-12-14)17(19-2)15-6-9-21-18(11-15)7-4-3-5-8-18/h10,12-13,15,17,19H,3-9,11H2,1-2H3. The number of aryl methyl sites for hydroxylation is 1. The number of nitrogens with zero attached hydrogens (tertiary/aromatic N) is 1. The number of hydrogen-bond donors (Lipinski definition) is 1. The summed E-state index contributed by atoms with van der Waals surface area (Å²) in [5.41, 5.74) is 2.75. The molecule has 3 nitrogen and oxygen atoms in total. The first-order valence-corrected chi connectivity index (χ1v) is 8.45. The Hall–Kier alpha value is -0.930. The van der Waals surface area contributed by atoms with Crippen molar-refractivity contribution in [3.05, 3.63) is 29.6 Å². The summed E-state index contributed by atoms with van der Waals surface area (Å²) in [6, 6.07) is 2.68. The Balaban J connectivity index is 1.77. The van der Waals surface area contributed by atoms with E-state index in [1.807, 2.05) is 12.4 Å². The molecule has 1 saturated carbocycles. The second kappa shape index (κ2) is 6.45. The third-order valence-corrected chi connectivity index (χ3v) is 5.33. The topological polar surface area (TPSA) is 34.2 Å². The van der Waals surface area contributed by atoms with Gasteiger partial charge in [0.15, 0.2) is 0 Å². The van der Waals surface area contributed by atoms with Crippen LogP contribution in [0, 0.1) is 12.8 Å². The van der Waals surface area contributed by atoms with Crippen molar-refractivity contribution in [1.82, 2.24) is 10.3 Å². The molecule has 1 aromatic rings. The van der Waals surface area contributed by atoms with Gasteiger partial charge in [0.05, 0.1) is 5.60 Å². The highest BCUT2D eigenvalue weighted by Gasteiger charge is 2.40. The summed E-state index contributed by atoms with van der Waals surface area (Å²) in [7, 11) is 2.08. The molecule has 2 heterocycles. The molecule has 2 fully saturated rings. The van der Waals surface area contributed by atoms with Crippen LogP contribution in [-0.2, 0) is 4.74 Å². The third kappa shape index (κ3) is 3.29. The van der Waals surface area contributed by atoms with Gasteiger partial charge in [-0.2, -0.15) is 0 Å². The number of ether oxygens (including phenoxy) is 1. The summed E-state index contributed by atoms with van der Waals surface area (Å²) < 4.78 is 6.25. The maximum atomic E-state index is 6.25. The molecule has 1 saturated heterocycles. The van der Waals surface area contributed by atoms with Gasteiger partial charge in [-0.15, -0.1) is 0 Å². The van der Waals surface area contributed by atoms with Gasteiger partial charge >= 0.3 is 0 Å². The van der Waals surface area contributed by atoms with Gasteiger partial charge in [0, 0.05) is 25.0 Å². The smallest absolute Gasteiger partial charge is 0.0686 e. The van der Waals surface area contributed by atoms with Gasteiger partial charge in [-0.05, 0) is 56.7 Å². The highest BCUT2D eigenvalue weighted by molar-refractivity contribution is 5.21. The lowest BCUT2D eigenvalue weighted by atomic mass is 9.73. The van der Waals surface area contributed by atoms with Gasteiger partial charge in [-0.25, -0.2) is 0 Å². The van der Waals surface area contributed by atoms with Crippen molar-refractivity contribution in [3.8, 4) is 0 Å². The van der Waals surface area contributed by atoms with Crippen molar-refractivity contribution in [2.75, 3.05) is 13.7 Å². The van der Waals surface area contributed by atoms with E-state index in [1.54, 1.807) is 0 Å². The molecule has 2 aliphatic rings. The van der Waals surface area contributed by atoms with E-state index < -0.39 is 0 Å². The molecule has 0 amide bonds. The fourth-order valence-corrected chi connectivity index (χ4v) is 4.32. The average molecular weight is 288 g/mol. The van der Waals surface area contributed by atoms with Gasteiger partial charge in [0.1, 0.15) is 0 Å². The van der Waals surface area contributed by atoms with Crippen LogP contribution in [0.4, 0.5) is 0 Å². The van der Waals surface area contributed by atoms with Crippen LogP contribution < -0.4 is 5.32 Å². The summed E-state index contributed by atoms with van der Waals surface area (Å²) in [5.74, 6) is 0.658. The Kier molecular flexibility index (Phi) is 4.60. The van der Waals surface area contributed by atoms with Crippen LogP contribution in [0.2, 0.25) is 0 Å².